The van der Waals surface area contributed by atoms with E-state index in [-0.39, 0.29) is 17.3 Å². The first-order valence-electron chi connectivity index (χ1n) is 5.03. The summed E-state index contributed by atoms with van der Waals surface area (Å²) >= 11 is -0.0299. The molecule has 0 aliphatic heterocycles. The highest BCUT2D eigenvalue weighted by molar-refractivity contribution is 7.99. The maximum absolute atomic E-state index is 12.7. The molecule has 0 spiro atoms. The summed E-state index contributed by atoms with van der Waals surface area (Å²) < 4.78 is 78.6. The summed E-state index contributed by atoms with van der Waals surface area (Å²) in [5.41, 5.74) is -1.47. The van der Waals surface area contributed by atoms with Crippen LogP contribution in [0.25, 0.3) is 0 Å². The van der Waals surface area contributed by atoms with Crippen LogP contribution in [0.1, 0.15) is 15.9 Å². The Morgan fingerprint density at radius 2 is 1.80 bits per heavy atom. The lowest BCUT2D eigenvalue weighted by Crippen LogP contribution is -2.13. The molecule has 112 valence electrons. The normalized spacial score (nSPS) is 12.3. The molecule has 1 aromatic rings. The van der Waals surface area contributed by atoms with Crippen molar-refractivity contribution in [3.05, 3.63) is 29.3 Å². The molecule has 0 saturated heterocycles. The van der Waals surface area contributed by atoms with Crippen LogP contribution in [0.4, 0.5) is 26.3 Å². The lowest BCUT2D eigenvalue weighted by molar-refractivity contribution is -0.139. The first-order chi connectivity index (χ1) is 9.04. The highest BCUT2D eigenvalue weighted by atomic mass is 32.2. The number of methoxy groups -OCH3 is 1. The number of benzene rings is 1. The minimum atomic E-state index is -4.80. The molecule has 2 nitrogen and oxygen atoms in total. The van der Waals surface area contributed by atoms with Crippen molar-refractivity contribution >= 4 is 17.7 Å². The summed E-state index contributed by atoms with van der Waals surface area (Å²) in [7, 11) is 1.02. The zero-order valence-electron chi connectivity index (χ0n) is 9.93. The molecule has 0 aromatic heterocycles. The number of thioether (sulfide) groups is 1. The molecule has 1 aromatic carbocycles. The van der Waals surface area contributed by atoms with E-state index in [2.05, 4.69) is 4.74 Å². The van der Waals surface area contributed by atoms with E-state index in [0.717, 1.165) is 19.2 Å². The van der Waals surface area contributed by atoms with Gasteiger partial charge in [-0.3, -0.25) is 0 Å². The van der Waals surface area contributed by atoms with Gasteiger partial charge in [-0.15, -0.1) is 11.8 Å². The molecule has 0 N–H and O–H groups in total. The first-order valence-corrected chi connectivity index (χ1v) is 6.02. The van der Waals surface area contributed by atoms with Crippen molar-refractivity contribution in [2.45, 2.75) is 17.2 Å². The van der Waals surface area contributed by atoms with E-state index in [1.165, 1.54) is 0 Å². The smallest absolute Gasteiger partial charge is 0.417 e. The van der Waals surface area contributed by atoms with E-state index in [4.69, 9.17) is 0 Å². The van der Waals surface area contributed by atoms with E-state index in [1.54, 1.807) is 0 Å². The average molecular weight is 318 g/mol. The largest absolute Gasteiger partial charge is 0.465 e. The first kappa shape index (κ1) is 16.7. The predicted octanol–water partition coefficient (Wildman–Crippen LogP) is 4.15. The number of carbonyl (C=O) groups excluding carboxylic acids is 1. The van der Waals surface area contributed by atoms with Crippen LogP contribution >= 0.6 is 11.8 Å². The van der Waals surface area contributed by atoms with Crippen molar-refractivity contribution in [1.82, 2.24) is 0 Å². The molecule has 0 aliphatic rings. The molecule has 0 saturated carbocycles. The number of esters is 1. The van der Waals surface area contributed by atoms with Crippen molar-refractivity contribution in [3.63, 3.8) is 0 Å². The maximum Gasteiger partial charge on any atom is 0.417 e. The molecular formula is C11H8F6O2S. The van der Waals surface area contributed by atoms with E-state index in [1.807, 2.05) is 0 Å². The Bertz CT molecular complexity index is 495. The van der Waals surface area contributed by atoms with Crippen molar-refractivity contribution < 1.29 is 35.9 Å². The fraction of sp³-hybridized carbons (Fsp3) is 0.364. The Hall–Kier alpha value is -1.38. The minimum Gasteiger partial charge on any atom is -0.465 e. The molecule has 0 bridgehead atoms. The fourth-order valence-electron chi connectivity index (χ4n) is 1.28. The third-order valence-electron chi connectivity index (χ3n) is 2.10. The zero-order valence-corrected chi connectivity index (χ0v) is 10.7. The Morgan fingerprint density at radius 1 is 1.20 bits per heavy atom. The Kier molecular flexibility index (Phi) is 4.95. The lowest BCUT2D eigenvalue weighted by Gasteiger charge is -2.14. The zero-order chi connectivity index (χ0) is 15.6. The molecular weight excluding hydrogens is 310 g/mol. The van der Waals surface area contributed by atoms with E-state index in [9.17, 15) is 31.1 Å². The van der Waals surface area contributed by atoms with Gasteiger partial charge in [0.15, 0.2) is 0 Å². The maximum atomic E-state index is 12.7. The highest BCUT2D eigenvalue weighted by Gasteiger charge is 2.35. The standard InChI is InChI=1S/C11H8F6O2S/c1-19-9(18)6-2-3-7(11(15,16)17)8(4-6)20-5-10(12,13)14/h2-4H,5H2,1H3. The van der Waals surface area contributed by atoms with Gasteiger partial charge in [0, 0.05) is 4.90 Å². The van der Waals surface area contributed by atoms with Crippen LogP contribution in [0.2, 0.25) is 0 Å². The van der Waals surface area contributed by atoms with Crippen LogP contribution in [0.5, 0.6) is 0 Å². The molecule has 0 atom stereocenters. The van der Waals surface area contributed by atoms with Gasteiger partial charge in [-0.2, -0.15) is 26.3 Å². The van der Waals surface area contributed by atoms with Crippen LogP contribution in [0, 0.1) is 0 Å². The monoisotopic (exact) mass is 318 g/mol. The summed E-state index contributed by atoms with van der Waals surface area (Å²) in [6, 6.07) is 2.16. The second kappa shape index (κ2) is 5.94. The number of rotatable bonds is 3. The molecule has 0 unspecified atom stereocenters. The third-order valence-corrected chi connectivity index (χ3v) is 3.22. The Labute approximate surface area is 114 Å². The number of ether oxygens (including phenoxy) is 1. The van der Waals surface area contributed by atoms with Crippen molar-refractivity contribution in [3.8, 4) is 0 Å². The van der Waals surface area contributed by atoms with Crippen molar-refractivity contribution in [2.24, 2.45) is 0 Å². The van der Waals surface area contributed by atoms with E-state index in [0.29, 0.717) is 6.07 Å². The van der Waals surface area contributed by atoms with Gasteiger partial charge in [0.25, 0.3) is 0 Å². The van der Waals surface area contributed by atoms with Crippen molar-refractivity contribution in [1.29, 1.82) is 0 Å². The Morgan fingerprint density at radius 3 is 2.25 bits per heavy atom. The number of carbonyl (C=O) groups is 1. The number of hydrogen-bond acceptors (Lipinski definition) is 3. The quantitative estimate of drug-likeness (QED) is 0.476. The van der Waals surface area contributed by atoms with Gasteiger partial charge < -0.3 is 4.74 Å². The topological polar surface area (TPSA) is 26.3 Å². The minimum absolute atomic E-state index is 0.0299. The van der Waals surface area contributed by atoms with Crippen LogP contribution in [-0.2, 0) is 10.9 Å². The van der Waals surface area contributed by atoms with Crippen LogP contribution in [0.3, 0.4) is 0 Å². The summed E-state index contributed by atoms with van der Waals surface area (Å²) in [5.74, 6) is -2.41. The van der Waals surface area contributed by atoms with Crippen LogP contribution in [0.15, 0.2) is 23.1 Å². The Balaban J connectivity index is 3.16. The second-order valence-corrected chi connectivity index (χ2v) is 4.62. The van der Waals surface area contributed by atoms with Gasteiger partial charge in [0.1, 0.15) is 0 Å². The third kappa shape index (κ3) is 4.62. The summed E-state index contributed by atoms with van der Waals surface area (Å²) in [6.45, 7) is 0. The van der Waals surface area contributed by atoms with Gasteiger partial charge in [0.2, 0.25) is 0 Å². The molecule has 0 fully saturated rings. The van der Waals surface area contributed by atoms with E-state index < -0.39 is 34.5 Å². The van der Waals surface area contributed by atoms with E-state index >= 15 is 0 Å². The van der Waals surface area contributed by atoms with Crippen LogP contribution < -0.4 is 0 Å². The number of hydrogen-bond donors (Lipinski definition) is 0. The molecule has 1 rings (SSSR count). The fourth-order valence-corrected chi connectivity index (χ4v) is 2.15. The number of halogens is 6. The van der Waals surface area contributed by atoms with Gasteiger partial charge in [-0.1, -0.05) is 0 Å². The average Bonchev–Trinajstić information content (AvgIpc) is 2.33. The molecule has 0 heterocycles. The molecule has 0 aliphatic carbocycles. The van der Waals surface area contributed by atoms with Gasteiger partial charge in [0.05, 0.1) is 24.0 Å². The predicted molar refractivity (Wildman–Crippen MR) is 59.6 cm³/mol. The summed E-state index contributed by atoms with van der Waals surface area (Å²) in [5, 5.41) is 0. The summed E-state index contributed by atoms with van der Waals surface area (Å²) in [6.07, 6.45) is -9.42. The highest BCUT2D eigenvalue weighted by Crippen LogP contribution is 2.39. The summed E-state index contributed by atoms with van der Waals surface area (Å²) in [4.78, 5) is 10.5. The molecule has 0 amide bonds. The van der Waals surface area contributed by atoms with Crippen molar-refractivity contribution in [2.75, 3.05) is 12.9 Å². The lowest BCUT2D eigenvalue weighted by atomic mass is 10.1. The second-order valence-electron chi connectivity index (χ2n) is 3.60. The molecule has 9 heteroatoms. The van der Waals surface area contributed by atoms with Gasteiger partial charge >= 0.3 is 18.3 Å². The number of alkyl halides is 6. The van der Waals surface area contributed by atoms with Gasteiger partial charge in [-0.25, -0.2) is 4.79 Å². The van der Waals surface area contributed by atoms with Gasteiger partial charge in [-0.05, 0) is 18.2 Å². The SMILES string of the molecule is COC(=O)c1ccc(C(F)(F)F)c(SCC(F)(F)F)c1. The molecule has 0 radical (unpaired) electrons. The van der Waals surface area contributed by atoms with Crippen LogP contribution in [-0.4, -0.2) is 25.0 Å². The molecule has 20 heavy (non-hydrogen) atoms.